The number of amides is 1. The fourth-order valence-electron chi connectivity index (χ4n) is 1.50. The molecular formula is C14H27NO9. The summed E-state index contributed by atoms with van der Waals surface area (Å²) in [5.41, 5.74) is 0. The predicted molar refractivity (Wildman–Crippen MR) is 80.1 cm³/mol. The average Bonchev–Trinajstić information content (AvgIpc) is 2.48. The third-order valence-corrected chi connectivity index (χ3v) is 2.80. The quantitative estimate of drug-likeness (QED) is 0.280. The summed E-state index contributed by atoms with van der Waals surface area (Å²) in [4.78, 5) is 20.6. The molecule has 1 aliphatic heterocycles. The molecule has 24 heavy (non-hydrogen) atoms. The van der Waals surface area contributed by atoms with Crippen LogP contribution in [-0.2, 0) is 23.8 Å². The van der Waals surface area contributed by atoms with E-state index >= 15 is 0 Å². The molecule has 0 bridgehead atoms. The first-order valence-electron chi connectivity index (χ1n) is 7.43. The number of hydrogen-bond donors (Lipinski definition) is 5. The zero-order valence-corrected chi connectivity index (χ0v) is 14.2. The number of aliphatic hydroxyl groups is 4. The molecule has 1 fully saturated rings. The number of aliphatic hydroxyl groups excluding tert-OH is 4. The van der Waals surface area contributed by atoms with Crippen molar-refractivity contribution in [3.63, 3.8) is 0 Å². The molecule has 10 nitrogen and oxygen atoms in total. The van der Waals surface area contributed by atoms with Crippen LogP contribution in [-0.4, -0.2) is 76.5 Å². The summed E-state index contributed by atoms with van der Waals surface area (Å²) in [6, 6.07) is 0. The topological polar surface area (TPSA) is 155 Å². The van der Waals surface area contributed by atoms with Gasteiger partial charge in [0.2, 0.25) is 5.91 Å². The van der Waals surface area contributed by atoms with E-state index in [1.807, 2.05) is 0 Å². The van der Waals surface area contributed by atoms with Gasteiger partial charge in [-0.05, 0) is 5.92 Å². The molecule has 142 valence electrons. The maximum atomic E-state index is 10.4. The zero-order valence-electron chi connectivity index (χ0n) is 14.2. The van der Waals surface area contributed by atoms with Crippen molar-refractivity contribution in [2.24, 2.45) is 5.92 Å². The van der Waals surface area contributed by atoms with Crippen LogP contribution in [0.4, 0.5) is 0 Å². The number of hydrogen-bond acceptors (Lipinski definition) is 9. The Morgan fingerprint density at radius 2 is 1.67 bits per heavy atom. The van der Waals surface area contributed by atoms with Gasteiger partial charge in [0.1, 0.15) is 18.3 Å². The van der Waals surface area contributed by atoms with Crippen molar-refractivity contribution in [2.45, 2.75) is 58.6 Å². The summed E-state index contributed by atoms with van der Waals surface area (Å²) < 4.78 is 13.8. The van der Waals surface area contributed by atoms with Crippen LogP contribution < -0.4 is 5.32 Å². The summed E-state index contributed by atoms with van der Waals surface area (Å²) in [5.74, 6) is 0.0176. The van der Waals surface area contributed by atoms with E-state index in [4.69, 9.17) is 14.9 Å². The minimum absolute atomic E-state index is 0.0544. The first-order valence-corrected chi connectivity index (χ1v) is 7.43. The predicted octanol–water partition coefficient (Wildman–Crippen LogP) is -1.94. The fourth-order valence-corrected chi connectivity index (χ4v) is 1.50. The second-order valence-corrected chi connectivity index (χ2v) is 5.62. The highest BCUT2D eigenvalue weighted by Crippen LogP contribution is 2.20. The molecule has 1 rings (SSSR count). The lowest BCUT2D eigenvalue weighted by Gasteiger charge is -2.37. The Bertz CT molecular complexity index is 390. The van der Waals surface area contributed by atoms with Gasteiger partial charge in [-0.25, -0.2) is 0 Å². The second-order valence-electron chi connectivity index (χ2n) is 5.62. The van der Waals surface area contributed by atoms with Crippen LogP contribution in [0.2, 0.25) is 0 Å². The van der Waals surface area contributed by atoms with E-state index in [2.05, 4.69) is 28.6 Å². The summed E-state index contributed by atoms with van der Waals surface area (Å²) in [5, 5.41) is 39.6. The lowest BCUT2D eigenvalue weighted by molar-refractivity contribution is -0.349. The third kappa shape index (κ3) is 9.11. The molecule has 0 aromatic rings. The monoisotopic (exact) mass is 353 g/mol. The van der Waals surface area contributed by atoms with Crippen LogP contribution in [0, 0.1) is 5.92 Å². The minimum atomic E-state index is -1.68. The van der Waals surface area contributed by atoms with E-state index < -0.39 is 43.7 Å². The van der Waals surface area contributed by atoms with Gasteiger partial charge in [0.05, 0.1) is 0 Å². The highest BCUT2D eigenvalue weighted by Gasteiger charge is 2.43. The van der Waals surface area contributed by atoms with E-state index in [0.29, 0.717) is 5.92 Å². The highest BCUT2D eigenvalue weighted by atomic mass is 16.8. The van der Waals surface area contributed by atoms with Crippen molar-refractivity contribution in [3.8, 4) is 0 Å². The summed E-state index contributed by atoms with van der Waals surface area (Å²) in [6.45, 7) is 7.12. The van der Waals surface area contributed by atoms with Gasteiger partial charge in [-0.15, -0.1) is 0 Å². The molecule has 0 spiro atoms. The summed E-state index contributed by atoms with van der Waals surface area (Å²) in [6.07, 6.45) is -7.84. The summed E-state index contributed by atoms with van der Waals surface area (Å²) in [7, 11) is 0. The largest absolute Gasteiger partial charge is 0.439 e. The van der Waals surface area contributed by atoms with Gasteiger partial charge in [-0.3, -0.25) is 9.59 Å². The van der Waals surface area contributed by atoms with E-state index in [1.165, 1.54) is 6.92 Å². The first kappa shape index (κ1) is 22.7. The lowest BCUT2D eigenvalue weighted by Crippen LogP contribution is -2.58. The first-order chi connectivity index (χ1) is 11.1. The molecule has 5 unspecified atom stereocenters. The van der Waals surface area contributed by atoms with Crippen LogP contribution in [0.15, 0.2) is 0 Å². The highest BCUT2D eigenvalue weighted by molar-refractivity contribution is 5.72. The van der Waals surface area contributed by atoms with Crippen molar-refractivity contribution in [1.29, 1.82) is 0 Å². The molecule has 0 aliphatic carbocycles. The van der Waals surface area contributed by atoms with Crippen molar-refractivity contribution >= 4 is 11.9 Å². The number of carbonyl (C=O) groups is 2. The number of ether oxygens (including phenoxy) is 3. The molecule has 0 radical (unpaired) electrons. The number of carbonyl (C=O) groups excluding carboxylic acids is 2. The maximum absolute atomic E-state index is 10.4. The van der Waals surface area contributed by atoms with Crippen molar-refractivity contribution in [2.75, 3.05) is 13.3 Å². The molecule has 0 saturated carbocycles. The van der Waals surface area contributed by atoms with Crippen LogP contribution in [0.25, 0.3) is 0 Å². The van der Waals surface area contributed by atoms with Crippen molar-refractivity contribution in [3.05, 3.63) is 0 Å². The molecule has 10 heteroatoms. The van der Waals surface area contributed by atoms with Crippen molar-refractivity contribution < 1.29 is 44.2 Å². The van der Waals surface area contributed by atoms with Crippen LogP contribution in [0.3, 0.4) is 0 Å². The molecule has 0 aromatic heterocycles. The smallest absolute Gasteiger partial charge is 0.304 e. The van der Waals surface area contributed by atoms with E-state index in [1.54, 1.807) is 0 Å². The fraction of sp³-hybridized carbons (Fsp3) is 0.857. The van der Waals surface area contributed by atoms with Crippen LogP contribution in [0.5, 0.6) is 0 Å². The SMILES string of the molecule is CC(=O)NCC(C)C.CC(=O)OCOC1OC(O)C(O)C(O)C1O. The Hall–Kier alpha value is -1.30. The van der Waals surface area contributed by atoms with Gasteiger partial charge in [-0.2, -0.15) is 0 Å². The maximum Gasteiger partial charge on any atom is 0.304 e. The Morgan fingerprint density at radius 3 is 2.08 bits per heavy atom. The van der Waals surface area contributed by atoms with Gasteiger partial charge < -0.3 is 40.0 Å². The van der Waals surface area contributed by atoms with E-state index in [0.717, 1.165) is 13.5 Å². The normalized spacial score (nSPS) is 29.5. The number of nitrogens with one attached hydrogen (secondary N) is 1. The molecule has 5 atom stereocenters. The Morgan fingerprint density at radius 1 is 1.08 bits per heavy atom. The minimum Gasteiger partial charge on any atom is -0.439 e. The van der Waals surface area contributed by atoms with Gasteiger partial charge >= 0.3 is 5.97 Å². The lowest BCUT2D eigenvalue weighted by atomic mass is 10.0. The molecular weight excluding hydrogens is 326 g/mol. The van der Waals surface area contributed by atoms with Gasteiger partial charge in [0.25, 0.3) is 0 Å². The summed E-state index contributed by atoms with van der Waals surface area (Å²) >= 11 is 0. The Labute approximate surface area is 140 Å². The third-order valence-electron chi connectivity index (χ3n) is 2.80. The molecule has 1 saturated heterocycles. The Kier molecular flexibility index (Phi) is 10.7. The molecule has 1 aliphatic rings. The van der Waals surface area contributed by atoms with E-state index in [-0.39, 0.29) is 5.91 Å². The number of rotatable bonds is 5. The van der Waals surface area contributed by atoms with Crippen LogP contribution >= 0.6 is 0 Å². The molecule has 5 N–H and O–H groups in total. The molecule has 1 amide bonds. The number of esters is 1. The second kappa shape index (κ2) is 11.3. The van der Waals surface area contributed by atoms with Gasteiger partial charge in [0.15, 0.2) is 19.4 Å². The standard InChI is InChI=1S/C8H14O8.C6H13NO/c1-3(9)14-2-15-8-6(12)4(10)5(11)7(13)16-8;1-5(2)4-7-6(3)8/h4-8,10-13H,2H2,1H3;5H,4H2,1-3H3,(H,7,8). The van der Waals surface area contributed by atoms with Gasteiger partial charge in [0, 0.05) is 20.4 Å². The zero-order chi connectivity index (χ0) is 18.9. The van der Waals surface area contributed by atoms with E-state index in [9.17, 15) is 19.8 Å². The Balaban J connectivity index is 0.000000561. The molecule has 1 heterocycles. The van der Waals surface area contributed by atoms with Crippen LogP contribution in [0.1, 0.15) is 27.7 Å². The average molecular weight is 353 g/mol. The van der Waals surface area contributed by atoms with Crippen molar-refractivity contribution in [1.82, 2.24) is 5.32 Å². The van der Waals surface area contributed by atoms with Gasteiger partial charge in [-0.1, -0.05) is 13.8 Å². The molecule has 0 aromatic carbocycles.